The number of nitrogens with zero attached hydrogens (tertiary/aromatic N) is 1. The van der Waals surface area contributed by atoms with Gasteiger partial charge >= 0.3 is 0 Å². The summed E-state index contributed by atoms with van der Waals surface area (Å²) in [5.74, 6) is 1.99. The van der Waals surface area contributed by atoms with Gasteiger partial charge < -0.3 is 9.73 Å². The first-order valence-corrected chi connectivity index (χ1v) is 11.2. The minimum Gasteiger partial charge on any atom is -0.464 e. The molecule has 2 fully saturated rings. The Labute approximate surface area is 169 Å². The monoisotopic (exact) mass is 382 g/mol. The van der Waals surface area contributed by atoms with Crippen LogP contribution in [0.4, 0.5) is 0 Å². The summed E-state index contributed by atoms with van der Waals surface area (Å²) in [5.41, 5.74) is 2.56. The summed E-state index contributed by atoms with van der Waals surface area (Å²) in [6, 6.07) is 9.48. The van der Waals surface area contributed by atoms with Crippen LogP contribution in [0.2, 0.25) is 0 Å². The Balaban J connectivity index is 1.31. The van der Waals surface area contributed by atoms with E-state index in [9.17, 15) is 4.79 Å². The Morgan fingerprint density at radius 2 is 2.04 bits per heavy atom. The molecule has 4 heteroatoms. The minimum absolute atomic E-state index is 0.201. The highest BCUT2D eigenvalue weighted by Crippen LogP contribution is 2.36. The average Bonchev–Trinajstić information content (AvgIpc) is 3.21. The van der Waals surface area contributed by atoms with Gasteiger partial charge in [0.15, 0.2) is 0 Å². The third-order valence-electron chi connectivity index (χ3n) is 6.81. The van der Waals surface area contributed by atoms with Crippen LogP contribution < -0.4 is 5.32 Å². The van der Waals surface area contributed by atoms with E-state index in [-0.39, 0.29) is 5.91 Å². The van der Waals surface area contributed by atoms with Crippen molar-refractivity contribution in [3.63, 3.8) is 0 Å². The minimum atomic E-state index is 0.201. The Kier molecular flexibility index (Phi) is 6.36. The smallest absolute Gasteiger partial charge is 0.219 e. The lowest BCUT2D eigenvalue weighted by Gasteiger charge is -2.37. The van der Waals surface area contributed by atoms with E-state index in [1.165, 1.54) is 62.7 Å². The lowest BCUT2D eigenvalue weighted by atomic mass is 9.83. The fraction of sp³-hybridized carbons (Fsp3) is 0.625. The Hall–Kier alpha value is -1.81. The van der Waals surface area contributed by atoms with Crippen molar-refractivity contribution < 1.29 is 9.21 Å². The second-order valence-corrected chi connectivity index (χ2v) is 8.70. The average molecular weight is 383 g/mol. The van der Waals surface area contributed by atoms with Gasteiger partial charge in [0.05, 0.1) is 6.26 Å². The largest absolute Gasteiger partial charge is 0.464 e. The van der Waals surface area contributed by atoms with Crippen LogP contribution in [-0.4, -0.2) is 29.9 Å². The Bertz CT molecular complexity index is 732. The molecule has 1 amide bonds. The summed E-state index contributed by atoms with van der Waals surface area (Å²) in [5, 5.41) is 3.18. The molecule has 2 aliphatic carbocycles. The summed E-state index contributed by atoms with van der Waals surface area (Å²) in [6.07, 6.45) is 12.5. The molecule has 1 N–H and O–H groups in total. The normalized spacial score (nSPS) is 26.4. The van der Waals surface area contributed by atoms with Crippen LogP contribution in [0, 0.1) is 5.92 Å². The van der Waals surface area contributed by atoms with E-state index in [0.717, 1.165) is 24.5 Å². The third kappa shape index (κ3) is 4.60. The van der Waals surface area contributed by atoms with E-state index in [0.29, 0.717) is 18.5 Å². The molecule has 152 valence electrons. The zero-order valence-corrected chi connectivity index (χ0v) is 17.2. The van der Waals surface area contributed by atoms with Gasteiger partial charge in [-0.25, -0.2) is 0 Å². The zero-order valence-electron chi connectivity index (χ0n) is 17.2. The summed E-state index contributed by atoms with van der Waals surface area (Å²) in [4.78, 5) is 14.3. The predicted molar refractivity (Wildman–Crippen MR) is 112 cm³/mol. The molecule has 2 aliphatic heterocycles. The van der Waals surface area contributed by atoms with Gasteiger partial charge in [0.2, 0.25) is 5.91 Å². The summed E-state index contributed by atoms with van der Waals surface area (Å²) >= 11 is 0. The number of carbonyl (C=O) groups is 1. The highest BCUT2D eigenvalue weighted by molar-refractivity contribution is 5.75. The number of piperidine rings is 1. The first-order valence-electron chi connectivity index (χ1n) is 11.2. The number of hydrogen-bond acceptors (Lipinski definition) is 3. The SMILES string of the molecule is CCC(=O)N[C@H]1CC[C@H](CCN2CCCCC2c2coc3cccc-3c2)CC1. The van der Waals surface area contributed by atoms with Crippen LogP contribution in [-0.2, 0) is 4.79 Å². The molecule has 0 aromatic heterocycles. The van der Waals surface area contributed by atoms with Gasteiger partial charge in [0, 0.05) is 29.6 Å². The first kappa shape index (κ1) is 19.5. The van der Waals surface area contributed by atoms with Crippen molar-refractivity contribution in [2.75, 3.05) is 13.1 Å². The Morgan fingerprint density at radius 1 is 1.18 bits per heavy atom. The molecular weight excluding hydrogens is 348 g/mol. The van der Waals surface area contributed by atoms with Gasteiger partial charge in [0.1, 0.15) is 5.76 Å². The molecule has 0 bridgehead atoms. The van der Waals surface area contributed by atoms with Crippen molar-refractivity contribution in [1.82, 2.24) is 10.2 Å². The van der Waals surface area contributed by atoms with Crippen molar-refractivity contribution >= 4 is 5.91 Å². The standard InChI is InChI=1S/C24H34N2O2/c1-2-24(27)25-21-11-9-18(10-12-21)13-15-26-14-4-3-7-22(26)20-16-19-6-5-8-23(19)28-17-20/h5-6,8,16-18,21-22H,2-4,7,9-15H2,1H3,(H,25,27)/t18-,21-,22?. The van der Waals surface area contributed by atoms with E-state index in [4.69, 9.17) is 4.42 Å². The highest BCUT2D eigenvalue weighted by Gasteiger charge is 2.27. The maximum Gasteiger partial charge on any atom is 0.219 e. The predicted octanol–water partition coefficient (Wildman–Crippen LogP) is 5.39. The van der Waals surface area contributed by atoms with Gasteiger partial charge in [-0.2, -0.15) is 0 Å². The van der Waals surface area contributed by atoms with Crippen LogP contribution in [0.3, 0.4) is 0 Å². The van der Waals surface area contributed by atoms with Gasteiger partial charge in [-0.15, -0.1) is 0 Å². The molecule has 1 atom stereocenters. The fourth-order valence-corrected chi connectivity index (χ4v) is 5.07. The molecule has 4 nitrogen and oxygen atoms in total. The number of likely N-dealkylation sites (tertiary alicyclic amines) is 1. The van der Waals surface area contributed by atoms with Crippen LogP contribution in [0.25, 0.3) is 11.3 Å². The van der Waals surface area contributed by atoms with Crippen molar-refractivity contribution in [3.8, 4) is 11.3 Å². The lowest BCUT2D eigenvalue weighted by molar-refractivity contribution is -0.121. The van der Waals surface area contributed by atoms with Crippen LogP contribution >= 0.6 is 0 Å². The molecule has 4 aliphatic rings. The van der Waals surface area contributed by atoms with Gasteiger partial charge in [-0.1, -0.05) is 25.5 Å². The third-order valence-corrected chi connectivity index (χ3v) is 6.81. The van der Waals surface area contributed by atoms with Gasteiger partial charge in [-0.3, -0.25) is 9.69 Å². The van der Waals surface area contributed by atoms with Crippen molar-refractivity contribution in [2.24, 2.45) is 5.92 Å². The fourth-order valence-electron chi connectivity index (χ4n) is 5.07. The number of carbonyl (C=O) groups excluding carboxylic acids is 1. The van der Waals surface area contributed by atoms with Crippen LogP contribution in [0.15, 0.2) is 34.9 Å². The quantitative estimate of drug-likeness (QED) is 0.729. The maximum atomic E-state index is 11.6. The summed E-state index contributed by atoms with van der Waals surface area (Å²) in [6.45, 7) is 4.31. The van der Waals surface area contributed by atoms with E-state index in [2.05, 4.69) is 28.4 Å². The second-order valence-electron chi connectivity index (χ2n) is 8.70. The summed E-state index contributed by atoms with van der Waals surface area (Å²) in [7, 11) is 0. The molecule has 0 aromatic rings. The van der Waals surface area contributed by atoms with E-state index >= 15 is 0 Å². The van der Waals surface area contributed by atoms with Crippen LogP contribution in [0.5, 0.6) is 0 Å². The molecule has 1 saturated carbocycles. The number of amides is 1. The highest BCUT2D eigenvalue weighted by atomic mass is 16.3. The lowest BCUT2D eigenvalue weighted by Crippen LogP contribution is -2.38. The van der Waals surface area contributed by atoms with E-state index in [1.807, 2.05) is 19.3 Å². The number of nitrogens with one attached hydrogen (secondary N) is 1. The van der Waals surface area contributed by atoms with E-state index < -0.39 is 0 Å². The molecule has 2 heterocycles. The van der Waals surface area contributed by atoms with Crippen molar-refractivity contribution in [1.29, 1.82) is 0 Å². The zero-order chi connectivity index (χ0) is 19.3. The Morgan fingerprint density at radius 3 is 2.86 bits per heavy atom. The van der Waals surface area contributed by atoms with Gasteiger partial charge in [0.25, 0.3) is 0 Å². The molecule has 0 radical (unpaired) electrons. The molecule has 4 rings (SSSR count). The van der Waals surface area contributed by atoms with Crippen molar-refractivity contribution in [2.45, 2.75) is 76.8 Å². The first-order chi connectivity index (χ1) is 13.7. The molecule has 1 saturated heterocycles. The number of fused-ring (bicyclic) bond motifs is 1. The van der Waals surface area contributed by atoms with Crippen LogP contribution in [0.1, 0.15) is 76.3 Å². The molecule has 0 spiro atoms. The van der Waals surface area contributed by atoms with Crippen molar-refractivity contribution in [3.05, 3.63) is 36.1 Å². The molecular formula is C24H34N2O2. The molecule has 0 aromatic carbocycles. The summed E-state index contributed by atoms with van der Waals surface area (Å²) < 4.78 is 5.87. The topological polar surface area (TPSA) is 45.5 Å². The number of rotatable bonds is 6. The second kappa shape index (κ2) is 9.13. The molecule has 1 unspecified atom stereocenters. The number of hydrogen-bond donors (Lipinski definition) is 1. The van der Waals surface area contributed by atoms with E-state index in [1.54, 1.807) is 0 Å². The van der Waals surface area contributed by atoms with Gasteiger partial charge in [-0.05, 0) is 76.1 Å². The maximum absolute atomic E-state index is 11.6. The molecule has 28 heavy (non-hydrogen) atoms.